The summed E-state index contributed by atoms with van der Waals surface area (Å²) in [7, 11) is 0. The summed E-state index contributed by atoms with van der Waals surface area (Å²) in [4.78, 5) is 8.59. The van der Waals surface area contributed by atoms with E-state index in [1.807, 2.05) is 0 Å². The summed E-state index contributed by atoms with van der Waals surface area (Å²) in [5.74, 6) is 0.220. The highest BCUT2D eigenvalue weighted by molar-refractivity contribution is 5.76. The van der Waals surface area contributed by atoms with Crippen molar-refractivity contribution in [2.75, 3.05) is 0 Å². The zero-order chi connectivity index (χ0) is 29.0. The third-order valence-electron chi connectivity index (χ3n) is 6.32. The van der Waals surface area contributed by atoms with Gasteiger partial charge in [0.15, 0.2) is 10.8 Å². The Labute approximate surface area is 226 Å². The lowest BCUT2D eigenvalue weighted by Gasteiger charge is -2.29. The van der Waals surface area contributed by atoms with Crippen LogP contribution in [0.25, 0.3) is 11.0 Å². The topological polar surface area (TPSA) is 235 Å². The lowest BCUT2D eigenvalue weighted by Crippen LogP contribution is -2.37. The summed E-state index contributed by atoms with van der Waals surface area (Å²) < 4.78 is 11.5. The Hall–Kier alpha value is -6.96. The van der Waals surface area contributed by atoms with Crippen LogP contribution in [-0.2, 0) is 0 Å². The van der Waals surface area contributed by atoms with Crippen LogP contribution in [0.15, 0.2) is 72.4 Å². The van der Waals surface area contributed by atoms with E-state index in [4.69, 9.17) is 9.47 Å². The fraction of sp³-hybridized carbons (Fsp3) is 0.143. The molecule has 0 radical (unpaired) electrons. The standard InChI is InChI=1S/C28H10N10O2/c29-11-25(12-30)5-3-20(8-27(25,15-33)16-34)39-19-1-2-22-23(7-19)38-24(10-37-22)40-21-4-6-26(13-31,14-32)28(9-21,17-35)18-36/h1-10H. The summed E-state index contributed by atoms with van der Waals surface area (Å²) in [5.41, 5.74) is -7.53. The van der Waals surface area contributed by atoms with Gasteiger partial charge in [-0.1, -0.05) is 0 Å². The monoisotopic (exact) mass is 518 g/mol. The Bertz CT molecular complexity index is 1740. The van der Waals surface area contributed by atoms with Gasteiger partial charge in [0.05, 0.1) is 65.8 Å². The van der Waals surface area contributed by atoms with Gasteiger partial charge in [0.2, 0.25) is 16.7 Å². The number of fused-ring (bicyclic) bond motifs is 1. The third-order valence-corrected chi connectivity index (χ3v) is 6.32. The zero-order valence-electron chi connectivity index (χ0n) is 20.1. The van der Waals surface area contributed by atoms with Crippen LogP contribution >= 0.6 is 0 Å². The number of nitrogens with zero attached hydrogens (tertiary/aromatic N) is 10. The maximum Gasteiger partial charge on any atom is 0.238 e. The van der Waals surface area contributed by atoms with E-state index in [1.54, 1.807) is 60.7 Å². The Balaban J connectivity index is 1.65. The predicted octanol–water partition coefficient (Wildman–Crippen LogP) is 3.43. The molecule has 0 spiro atoms. The van der Waals surface area contributed by atoms with Gasteiger partial charge in [-0.15, -0.1) is 0 Å². The van der Waals surface area contributed by atoms with E-state index in [0.717, 1.165) is 24.3 Å². The summed E-state index contributed by atoms with van der Waals surface area (Å²) >= 11 is 0. The number of aromatic nitrogens is 2. The highest BCUT2D eigenvalue weighted by Gasteiger charge is 2.55. The third kappa shape index (κ3) is 3.70. The number of nitriles is 8. The molecule has 184 valence electrons. The van der Waals surface area contributed by atoms with Gasteiger partial charge < -0.3 is 9.47 Å². The van der Waals surface area contributed by atoms with E-state index in [0.29, 0.717) is 11.0 Å². The molecular formula is C28H10N10O2. The number of hydrogen-bond acceptors (Lipinski definition) is 12. The van der Waals surface area contributed by atoms with E-state index in [9.17, 15) is 42.1 Å². The Morgan fingerprint density at radius 3 is 1.52 bits per heavy atom. The van der Waals surface area contributed by atoms with Gasteiger partial charge in [-0.25, -0.2) is 9.97 Å². The number of hydrogen-bond donors (Lipinski definition) is 0. The predicted molar refractivity (Wildman–Crippen MR) is 130 cm³/mol. The summed E-state index contributed by atoms with van der Waals surface area (Å²) in [6.07, 6.45) is 8.33. The van der Waals surface area contributed by atoms with Crippen LogP contribution in [-0.4, -0.2) is 9.97 Å². The van der Waals surface area contributed by atoms with E-state index < -0.39 is 21.7 Å². The first-order valence-electron chi connectivity index (χ1n) is 11.0. The van der Waals surface area contributed by atoms with Crippen molar-refractivity contribution in [1.29, 1.82) is 42.1 Å². The zero-order valence-corrected chi connectivity index (χ0v) is 20.1. The number of ether oxygens (including phenoxy) is 2. The molecule has 0 saturated carbocycles. The molecule has 0 bridgehead atoms. The Kier molecular flexibility index (Phi) is 6.19. The quantitative estimate of drug-likeness (QED) is 0.566. The molecule has 0 saturated heterocycles. The molecule has 2 aliphatic carbocycles. The lowest BCUT2D eigenvalue weighted by atomic mass is 9.64. The second kappa shape index (κ2) is 9.49. The molecular weight excluding hydrogens is 508 g/mol. The molecule has 12 nitrogen and oxygen atoms in total. The van der Waals surface area contributed by atoms with Gasteiger partial charge in [-0.3, -0.25) is 0 Å². The van der Waals surface area contributed by atoms with Crippen LogP contribution in [0.2, 0.25) is 0 Å². The first-order chi connectivity index (χ1) is 19.3. The largest absolute Gasteiger partial charge is 0.458 e. The minimum absolute atomic E-state index is 0.00871. The average molecular weight is 518 g/mol. The Morgan fingerprint density at radius 2 is 1.05 bits per heavy atom. The maximum atomic E-state index is 9.63. The fourth-order valence-corrected chi connectivity index (χ4v) is 3.98. The van der Waals surface area contributed by atoms with Crippen LogP contribution < -0.4 is 9.47 Å². The van der Waals surface area contributed by atoms with Crippen molar-refractivity contribution in [2.24, 2.45) is 21.7 Å². The normalized spacial score (nSPS) is 18.2. The van der Waals surface area contributed by atoms with Gasteiger partial charge in [0, 0.05) is 6.07 Å². The molecule has 2 aliphatic rings. The molecule has 2 aromatic rings. The van der Waals surface area contributed by atoms with E-state index in [1.165, 1.54) is 24.4 Å². The van der Waals surface area contributed by atoms with E-state index in [2.05, 4.69) is 9.97 Å². The van der Waals surface area contributed by atoms with Crippen molar-refractivity contribution in [3.63, 3.8) is 0 Å². The van der Waals surface area contributed by atoms with Crippen molar-refractivity contribution in [2.45, 2.75) is 0 Å². The van der Waals surface area contributed by atoms with Crippen molar-refractivity contribution < 1.29 is 9.47 Å². The molecule has 1 aromatic carbocycles. The molecule has 4 rings (SSSR count). The van der Waals surface area contributed by atoms with Crippen LogP contribution in [0.5, 0.6) is 11.6 Å². The van der Waals surface area contributed by atoms with Gasteiger partial charge in [-0.2, -0.15) is 42.1 Å². The lowest BCUT2D eigenvalue weighted by molar-refractivity contribution is 0.379. The van der Waals surface area contributed by atoms with Gasteiger partial charge in [0.25, 0.3) is 0 Å². The molecule has 0 fully saturated rings. The van der Waals surface area contributed by atoms with Crippen LogP contribution in [0.3, 0.4) is 0 Å². The molecule has 0 unspecified atom stereocenters. The van der Waals surface area contributed by atoms with Crippen molar-refractivity contribution in [3.05, 3.63) is 72.4 Å². The highest BCUT2D eigenvalue weighted by atomic mass is 16.5. The van der Waals surface area contributed by atoms with Gasteiger partial charge in [0.1, 0.15) is 17.3 Å². The minimum atomic E-state index is -2.12. The van der Waals surface area contributed by atoms with Crippen molar-refractivity contribution in [3.8, 4) is 60.2 Å². The molecule has 0 N–H and O–H groups in total. The minimum Gasteiger partial charge on any atom is -0.458 e. The van der Waals surface area contributed by atoms with Crippen LogP contribution in [0.4, 0.5) is 0 Å². The second-order valence-corrected chi connectivity index (χ2v) is 8.45. The number of allylic oxidation sites excluding steroid dienone is 6. The van der Waals surface area contributed by atoms with Gasteiger partial charge >= 0.3 is 0 Å². The van der Waals surface area contributed by atoms with E-state index >= 15 is 0 Å². The van der Waals surface area contributed by atoms with Crippen molar-refractivity contribution in [1.82, 2.24) is 9.97 Å². The first-order valence-corrected chi connectivity index (χ1v) is 11.0. The first kappa shape index (κ1) is 26.1. The number of rotatable bonds is 4. The Morgan fingerprint density at radius 1 is 0.575 bits per heavy atom. The number of benzene rings is 1. The van der Waals surface area contributed by atoms with E-state index in [-0.39, 0.29) is 23.1 Å². The van der Waals surface area contributed by atoms with Crippen molar-refractivity contribution >= 4 is 11.0 Å². The molecule has 1 heterocycles. The fourth-order valence-electron chi connectivity index (χ4n) is 3.98. The smallest absolute Gasteiger partial charge is 0.238 e. The summed E-state index contributed by atoms with van der Waals surface area (Å²) in [6, 6.07) is 18.4. The molecule has 0 aliphatic heterocycles. The highest BCUT2D eigenvalue weighted by Crippen LogP contribution is 2.46. The van der Waals surface area contributed by atoms with Crippen LogP contribution in [0, 0.1) is 112 Å². The van der Waals surface area contributed by atoms with Gasteiger partial charge in [-0.05, 0) is 48.6 Å². The average Bonchev–Trinajstić information content (AvgIpc) is 3.00. The molecule has 40 heavy (non-hydrogen) atoms. The maximum absolute atomic E-state index is 9.63. The molecule has 12 heteroatoms. The second-order valence-electron chi connectivity index (χ2n) is 8.45. The SMILES string of the molecule is N#CC1(C#N)C=CC(Oc2ccc3ncc(OC4=CC(C#N)(C#N)C(C#N)(C#N)C=C4)nc3c2)=CC1(C#N)C#N. The molecule has 0 atom stereocenters. The summed E-state index contributed by atoms with van der Waals surface area (Å²) in [5, 5.41) is 76.5. The summed E-state index contributed by atoms with van der Waals surface area (Å²) in [6.45, 7) is 0. The molecule has 0 amide bonds. The molecule has 1 aromatic heterocycles. The van der Waals surface area contributed by atoms with Crippen LogP contribution in [0.1, 0.15) is 0 Å².